The third-order valence-electron chi connectivity index (χ3n) is 4.01. The SMILES string of the molecule is COc1ccc(C2=C[C@@]2(C#N)C(=O)N2CCCC2)cc1. The van der Waals surface area contributed by atoms with Gasteiger partial charge in [0.1, 0.15) is 5.75 Å². The van der Waals surface area contributed by atoms with Crippen LogP contribution in [0.1, 0.15) is 18.4 Å². The predicted octanol–water partition coefficient (Wildman–Crippen LogP) is 2.22. The molecule has 1 aliphatic heterocycles. The van der Waals surface area contributed by atoms with Crippen molar-refractivity contribution in [3.05, 3.63) is 35.9 Å². The summed E-state index contributed by atoms with van der Waals surface area (Å²) in [6.07, 6.45) is 3.84. The molecule has 1 aromatic carbocycles. The van der Waals surface area contributed by atoms with Crippen molar-refractivity contribution in [1.82, 2.24) is 4.90 Å². The first kappa shape index (κ1) is 12.7. The minimum atomic E-state index is -1.03. The van der Waals surface area contributed by atoms with Crippen LogP contribution in [0.3, 0.4) is 0 Å². The zero-order valence-corrected chi connectivity index (χ0v) is 11.4. The normalized spacial score (nSPS) is 24.0. The highest BCUT2D eigenvalue weighted by Crippen LogP contribution is 2.52. The van der Waals surface area contributed by atoms with Crippen molar-refractivity contribution in [2.24, 2.45) is 5.41 Å². The Labute approximate surface area is 118 Å². The molecule has 1 atom stereocenters. The Hall–Kier alpha value is -2.28. The van der Waals surface area contributed by atoms with Crippen molar-refractivity contribution in [1.29, 1.82) is 5.26 Å². The lowest BCUT2D eigenvalue weighted by Crippen LogP contribution is -2.35. The summed E-state index contributed by atoms with van der Waals surface area (Å²) in [7, 11) is 1.61. The number of amides is 1. The van der Waals surface area contributed by atoms with Gasteiger partial charge in [-0.3, -0.25) is 4.79 Å². The van der Waals surface area contributed by atoms with Crippen LogP contribution in [0.25, 0.3) is 5.57 Å². The van der Waals surface area contributed by atoms with Crippen molar-refractivity contribution in [2.45, 2.75) is 12.8 Å². The monoisotopic (exact) mass is 268 g/mol. The molecule has 1 aromatic rings. The summed E-state index contributed by atoms with van der Waals surface area (Å²) in [4.78, 5) is 14.3. The summed E-state index contributed by atoms with van der Waals surface area (Å²) < 4.78 is 5.12. The average Bonchev–Trinajstić information content (AvgIpc) is 3.00. The fourth-order valence-electron chi connectivity index (χ4n) is 2.75. The number of likely N-dealkylation sites (tertiary alicyclic amines) is 1. The van der Waals surface area contributed by atoms with Gasteiger partial charge in [-0.15, -0.1) is 0 Å². The van der Waals surface area contributed by atoms with Gasteiger partial charge in [-0.2, -0.15) is 5.26 Å². The molecule has 3 rings (SSSR count). The third-order valence-corrected chi connectivity index (χ3v) is 4.01. The van der Waals surface area contributed by atoms with Crippen LogP contribution < -0.4 is 4.74 Å². The summed E-state index contributed by atoms with van der Waals surface area (Å²) in [5.74, 6) is 0.701. The molecule has 0 radical (unpaired) electrons. The maximum absolute atomic E-state index is 12.5. The molecule has 102 valence electrons. The van der Waals surface area contributed by atoms with E-state index in [9.17, 15) is 10.1 Å². The highest BCUT2D eigenvalue weighted by molar-refractivity contribution is 6.11. The van der Waals surface area contributed by atoms with E-state index < -0.39 is 5.41 Å². The number of ether oxygens (including phenoxy) is 1. The number of nitrogens with zero attached hydrogens (tertiary/aromatic N) is 2. The van der Waals surface area contributed by atoms with Crippen molar-refractivity contribution < 1.29 is 9.53 Å². The van der Waals surface area contributed by atoms with E-state index in [1.54, 1.807) is 18.1 Å². The van der Waals surface area contributed by atoms with Crippen molar-refractivity contribution in [3.63, 3.8) is 0 Å². The van der Waals surface area contributed by atoms with Crippen LogP contribution >= 0.6 is 0 Å². The number of hydrogen-bond acceptors (Lipinski definition) is 3. The van der Waals surface area contributed by atoms with Crippen LogP contribution in [0, 0.1) is 16.7 Å². The molecule has 0 N–H and O–H groups in total. The second-order valence-corrected chi connectivity index (χ2v) is 5.21. The zero-order chi connectivity index (χ0) is 14.2. The van der Waals surface area contributed by atoms with E-state index >= 15 is 0 Å². The van der Waals surface area contributed by atoms with Gasteiger partial charge in [-0.1, -0.05) is 12.1 Å². The zero-order valence-electron chi connectivity index (χ0n) is 11.4. The molecule has 4 nitrogen and oxygen atoms in total. The van der Waals surface area contributed by atoms with Crippen molar-refractivity contribution in [2.75, 3.05) is 20.2 Å². The third kappa shape index (κ3) is 1.87. The van der Waals surface area contributed by atoms with E-state index in [2.05, 4.69) is 6.07 Å². The first-order valence-electron chi connectivity index (χ1n) is 6.79. The lowest BCUT2D eigenvalue weighted by molar-refractivity contribution is -0.132. The molecule has 2 aliphatic rings. The van der Waals surface area contributed by atoms with Gasteiger partial charge in [0.15, 0.2) is 5.41 Å². The molecule has 20 heavy (non-hydrogen) atoms. The first-order chi connectivity index (χ1) is 9.71. The minimum absolute atomic E-state index is 0.0664. The average molecular weight is 268 g/mol. The fourth-order valence-corrected chi connectivity index (χ4v) is 2.75. The Morgan fingerprint density at radius 1 is 1.30 bits per heavy atom. The molecule has 0 unspecified atom stereocenters. The van der Waals surface area contributed by atoms with Crippen LogP contribution in [-0.4, -0.2) is 31.0 Å². The van der Waals surface area contributed by atoms with Crippen LogP contribution in [0.4, 0.5) is 0 Å². The lowest BCUT2D eigenvalue weighted by atomic mass is 9.96. The Bertz CT molecular complexity index is 606. The highest BCUT2D eigenvalue weighted by Gasteiger charge is 2.54. The smallest absolute Gasteiger partial charge is 0.251 e. The second-order valence-electron chi connectivity index (χ2n) is 5.21. The molecular formula is C16H16N2O2. The van der Waals surface area contributed by atoms with Crippen molar-refractivity contribution in [3.8, 4) is 11.8 Å². The summed E-state index contributed by atoms with van der Waals surface area (Å²) in [5.41, 5.74) is 0.707. The molecule has 1 fully saturated rings. The molecule has 0 aromatic heterocycles. The van der Waals surface area contributed by atoms with E-state index in [-0.39, 0.29) is 5.91 Å². The summed E-state index contributed by atoms with van der Waals surface area (Å²) in [6.45, 7) is 1.54. The predicted molar refractivity (Wildman–Crippen MR) is 74.8 cm³/mol. The van der Waals surface area contributed by atoms with Gasteiger partial charge in [0.2, 0.25) is 0 Å². The van der Waals surface area contributed by atoms with Crippen molar-refractivity contribution >= 4 is 11.5 Å². The Kier molecular flexibility index (Phi) is 2.98. The topological polar surface area (TPSA) is 53.3 Å². The summed E-state index contributed by atoms with van der Waals surface area (Å²) in [5, 5.41) is 9.45. The van der Waals surface area contributed by atoms with Gasteiger partial charge < -0.3 is 9.64 Å². The summed E-state index contributed by atoms with van der Waals surface area (Å²) in [6, 6.07) is 9.66. The van der Waals surface area contributed by atoms with Gasteiger partial charge in [0.25, 0.3) is 5.91 Å². The Balaban J connectivity index is 1.80. The number of nitriles is 1. The number of hydrogen-bond donors (Lipinski definition) is 0. The standard InChI is InChI=1S/C16H16N2O2/c1-20-13-6-4-12(5-7-13)14-10-16(14,11-17)15(19)18-8-2-3-9-18/h4-7,10H,2-3,8-9H2,1H3/t16-/m0/s1. The Morgan fingerprint density at radius 2 is 1.95 bits per heavy atom. The van der Waals surface area contributed by atoms with Gasteiger partial charge in [-0.05, 0) is 42.2 Å². The molecule has 0 saturated carbocycles. The van der Waals surface area contributed by atoms with Crippen LogP contribution in [0.5, 0.6) is 5.75 Å². The molecule has 0 spiro atoms. The van der Waals surface area contributed by atoms with Gasteiger partial charge in [0, 0.05) is 13.1 Å². The molecule has 4 heteroatoms. The maximum atomic E-state index is 12.5. The summed E-state index contributed by atoms with van der Waals surface area (Å²) >= 11 is 0. The van der Waals surface area contributed by atoms with Gasteiger partial charge in [-0.25, -0.2) is 0 Å². The minimum Gasteiger partial charge on any atom is -0.497 e. The number of carbonyl (C=O) groups excluding carboxylic acids is 1. The highest BCUT2D eigenvalue weighted by atomic mass is 16.5. The van der Waals surface area contributed by atoms with Crippen LogP contribution in [-0.2, 0) is 4.79 Å². The van der Waals surface area contributed by atoms with Gasteiger partial charge >= 0.3 is 0 Å². The quantitative estimate of drug-likeness (QED) is 0.844. The van der Waals surface area contributed by atoms with E-state index in [4.69, 9.17) is 4.74 Å². The van der Waals surface area contributed by atoms with Crippen LogP contribution in [0.2, 0.25) is 0 Å². The number of benzene rings is 1. The largest absolute Gasteiger partial charge is 0.497 e. The van der Waals surface area contributed by atoms with E-state index in [0.29, 0.717) is 0 Å². The lowest BCUT2D eigenvalue weighted by Gasteiger charge is -2.19. The maximum Gasteiger partial charge on any atom is 0.251 e. The number of methoxy groups -OCH3 is 1. The first-order valence-corrected chi connectivity index (χ1v) is 6.79. The van der Waals surface area contributed by atoms with Gasteiger partial charge in [0.05, 0.1) is 13.2 Å². The van der Waals surface area contributed by atoms with E-state index in [0.717, 1.165) is 42.8 Å². The number of carbonyl (C=O) groups is 1. The second kappa shape index (κ2) is 4.68. The molecule has 0 bridgehead atoms. The van der Waals surface area contributed by atoms with E-state index in [1.807, 2.05) is 24.3 Å². The molecule has 1 amide bonds. The van der Waals surface area contributed by atoms with Crippen LogP contribution in [0.15, 0.2) is 30.3 Å². The molecular weight excluding hydrogens is 252 g/mol. The molecule has 1 saturated heterocycles. The molecule has 1 aliphatic carbocycles. The Morgan fingerprint density at radius 3 is 2.50 bits per heavy atom. The van der Waals surface area contributed by atoms with E-state index in [1.165, 1.54) is 0 Å². The number of rotatable bonds is 3. The molecule has 1 heterocycles. The fraction of sp³-hybridized carbons (Fsp3) is 0.375.